The summed E-state index contributed by atoms with van der Waals surface area (Å²) in [4.78, 5) is 17.5. The smallest absolute Gasteiger partial charge is 0.310 e. The molecule has 2 aliphatic carbocycles. The Morgan fingerprint density at radius 1 is 1.20 bits per heavy atom. The summed E-state index contributed by atoms with van der Waals surface area (Å²) < 4.78 is 19.1. The zero-order chi connectivity index (χ0) is 20.9. The van der Waals surface area contributed by atoms with Crippen LogP contribution >= 0.6 is 0 Å². The molecule has 5 atom stereocenters. The van der Waals surface area contributed by atoms with Gasteiger partial charge in [0.1, 0.15) is 11.9 Å². The summed E-state index contributed by atoms with van der Waals surface area (Å²) in [5.41, 5.74) is 2.72. The molecule has 2 unspecified atom stereocenters. The largest absolute Gasteiger partial charge is 0.462 e. The van der Waals surface area contributed by atoms with Gasteiger partial charge in [0.15, 0.2) is 0 Å². The third kappa shape index (κ3) is 3.55. The fraction of sp³-hybridized carbons (Fsp3) is 0.640. The summed E-state index contributed by atoms with van der Waals surface area (Å²) in [6, 6.07) is 6.73. The predicted octanol–water partition coefficient (Wildman–Crippen LogP) is 4.26. The molecule has 0 bridgehead atoms. The number of rotatable bonds is 3. The maximum atomic E-state index is 13.2. The molecule has 1 aromatic rings. The second-order valence-electron chi connectivity index (χ2n) is 10.2. The van der Waals surface area contributed by atoms with Crippen molar-refractivity contribution in [1.82, 2.24) is 4.90 Å². The van der Waals surface area contributed by atoms with Crippen molar-refractivity contribution in [1.29, 1.82) is 0 Å². The minimum absolute atomic E-state index is 0.00773. The Labute approximate surface area is 179 Å². The first-order valence-electron chi connectivity index (χ1n) is 11.5. The van der Waals surface area contributed by atoms with Crippen molar-refractivity contribution in [3.8, 4) is 0 Å². The monoisotopic (exact) mass is 412 g/mol. The highest BCUT2D eigenvalue weighted by Gasteiger charge is 2.55. The van der Waals surface area contributed by atoms with Gasteiger partial charge in [-0.1, -0.05) is 19.1 Å². The molecular weight excluding hydrogens is 379 g/mol. The third-order valence-corrected chi connectivity index (χ3v) is 8.34. The van der Waals surface area contributed by atoms with Crippen LogP contribution in [-0.4, -0.2) is 49.7 Å². The molecule has 4 aliphatic rings. The van der Waals surface area contributed by atoms with E-state index in [9.17, 15) is 9.18 Å². The lowest BCUT2D eigenvalue weighted by Crippen LogP contribution is -2.50. The molecule has 162 valence electrons. The summed E-state index contributed by atoms with van der Waals surface area (Å²) in [6.07, 6.45) is 5.75. The van der Waals surface area contributed by atoms with Crippen LogP contribution in [0.5, 0.6) is 0 Å². The second kappa shape index (κ2) is 7.67. The second-order valence-corrected chi connectivity index (χ2v) is 10.2. The van der Waals surface area contributed by atoms with Gasteiger partial charge in [-0.25, -0.2) is 4.39 Å². The summed E-state index contributed by atoms with van der Waals surface area (Å²) >= 11 is 0. The molecule has 2 saturated carbocycles. The Morgan fingerprint density at radius 2 is 1.93 bits per heavy atom. The van der Waals surface area contributed by atoms with E-state index >= 15 is 0 Å². The molecule has 0 radical (unpaired) electrons. The van der Waals surface area contributed by atoms with Crippen LogP contribution in [-0.2, 0) is 9.53 Å². The first kappa shape index (κ1) is 20.0. The van der Waals surface area contributed by atoms with Gasteiger partial charge in [0.05, 0.1) is 5.92 Å². The molecule has 2 aliphatic heterocycles. The van der Waals surface area contributed by atoms with E-state index in [0.29, 0.717) is 11.8 Å². The Kier molecular flexibility index (Phi) is 5.12. The van der Waals surface area contributed by atoms with Gasteiger partial charge < -0.3 is 9.64 Å². The third-order valence-electron chi connectivity index (χ3n) is 8.34. The number of nitrogens with zero attached hydrogens (tertiary/aromatic N) is 2. The Balaban J connectivity index is 1.22. The van der Waals surface area contributed by atoms with Gasteiger partial charge in [0.2, 0.25) is 0 Å². The molecule has 2 heterocycles. The molecule has 5 heteroatoms. The van der Waals surface area contributed by atoms with Gasteiger partial charge in [-0.05, 0) is 67.7 Å². The maximum absolute atomic E-state index is 13.2. The molecule has 0 spiro atoms. The molecule has 0 aromatic heterocycles. The standard InChI is InChI=1S/C25H33FN2O2/c1-17-4-3-9-25(2)15-23-20(14-22(17)25)21(24(29)30-23)16-27-10-12-28(13-11-27)19-7-5-18(26)6-8-19/h5-8,20-23H,1,3-4,9-16H2,2H3/t20-,21?,22?,23-,25-/m1/s1. The Bertz CT molecular complexity index is 817. The van der Waals surface area contributed by atoms with E-state index in [1.165, 1.54) is 30.5 Å². The molecule has 4 fully saturated rings. The predicted molar refractivity (Wildman–Crippen MR) is 116 cm³/mol. The lowest BCUT2D eigenvalue weighted by molar-refractivity contribution is -0.146. The number of benzene rings is 1. The van der Waals surface area contributed by atoms with Crippen molar-refractivity contribution in [3.63, 3.8) is 0 Å². The number of anilines is 1. The molecule has 5 rings (SSSR count). The highest BCUT2D eigenvalue weighted by Crippen LogP contribution is 2.56. The van der Waals surface area contributed by atoms with Crippen molar-refractivity contribution >= 4 is 11.7 Å². The SMILES string of the molecule is C=C1CCC[C@]2(C)C[C@H]3OC(=O)C(CN4CCN(c5ccc(F)cc5)CC4)[C@H]3CC12. The zero-order valence-electron chi connectivity index (χ0n) is 18.0. The van der Waals surface area contributed by atoms with Gasteiger partial charge in [-0.2, -0.15) is 0 Å². The highest BCUT2D eigenvalue weighted by molar-refractivity contribution is 5.75. The van der Waals surface area contributed by atoms with Gasteiger partial charge in [-0.3, -0.25) is 9.69 Å². The van der Waals surface area contributed by atoms with Crippen LogP contribution in [0.15, 0.2) is 36.4 Å². The van der Waals surface area contributed by atoms with Gasteiger partial charge in [0.25, 0.3) is 0 Å². The van der Waals surface area contributed by atoms with Crippen molar-refractivity contribution in [2.75, 3.05) is 37.6 Å². The summed E-state index contributed by atoms with van der Waals surface area (Å²) in [6.45, 7) is 11.2. The number of carbonyl (C=O) groups is 1. The Morgan fingerprint density at radius 3 is 2.67 bits per heavy atom. The van der Waals surface area contributed by atoms with Gasteiger partial charge >= 0.3 is 5.97 Å². The number of hydrogen-bond acceptors (Lipinski definition) is 4. The maximum Gasteiger partial charge on any atom is 0.310 e. The van der Waals surface area contributed by atoms with Crippen LogP contribution in [0.25, 0.3) is 0 Å². The number of esters is 1. The fourth-order valence-corrected chi connectivity index (χ4v) is 6.58. The number of ether oxygens (including phenoxy) is 1. The van der Waals surface area contributed by atoms with E-state index in [2.05, 4.69) is 23.3 Å². The molecule has 1 aromatic carbocycles. The molecule has 0 N–H and O–H groups in total. The number of allylic oxidation sites excluding steroid dienone is 1. The van der Waals surface area contributed by atoms with E-state index in [4.69, 9.17) is 4.74 Å². The minimum atomic E-state index is -0.198. The topological polar surface area (TPSA) is 32.8 Å². The number of piperazine rings is 1. The van der Waals surface area contributed by atoms with Crippen LogP contribution in [0, 0.1) is 29.0 Å². The fourth-order valence-electron chi connectivity index (χ4n) is 6.58. The average Bonchev–Trinajstić information content (AvgIpc) is 3.01. The number of hydrogen-bond donors (Lipinski definition) is 0. The van der Waals surface area contributed by atoms with E-state index in [1.54, 1.807) is 0 Å². The molecular formula is C25H33FN2O2. The Hall–Kier alpha value is -1.88. The van der Waals surface area contributed by atoms with E-state index in [-0.39, 0.29) is 29.2 Å². The molecule has 0 amide bonds. The number of carbonyl (C=O) groups excluding carboxylic acids is 1. The van der Waals surface area contributed by atoms with E-state index in [0.717, 1.165) is 57.7 Å². The van der Waals surface area contributed by atoms with E-state index in [1.807, 2.05) is 12.1 Å². The van der Waals surface area contributed by atoms with E-state index < -0.39 is 0 Å². The van der Waals surface area contributed by atoms with Crippen molar-refractivity contribution < 1.29 is 13.9 Å². The van der Waals surface area contributed by atoms with Crippen LogP contribution in [0.1, 0.15) is 39.0 Å². The first-order valence-corrected chi connectivity index (χ1v) is 11.5. The zero-order valence-corrected chi connectivity index (χ0v) is 18.0. The van der Waals surface area contributed by atoms with Crippen LogP contribution in [0.2, 0.25) is 0 Å². The number of halogens is 1. The molecule has 30 heavy (non-hydrogen) atoms. The van der Waals surface area contributed by atoms with Crippen LogP contribution in [0.3, 0.4) is 0 Å². The summed E-state index contributed by atoms with van der Waals surface area (Å²) in [5.74, 6) is 0.682. The molecule has 4 nitrogen and oxygen atoms in total. The normalized spacial score (nSPS) is 36.9. The first-order chi connectivity index (χ1) is 14.4. The van der Waals surface area contributed by atoms with Crippen molar-refractivity contribution in [2.24, 2.45) is 23.2 Å². The summed E-state index contributed by atoms with van der Waals surface area (Å²) in [7, 11) is 0. The van der Waals surface area contributed by atoms with Crippen LogP contribution in [0.4, 0.5) is 10.1 Å². The quantitative estimate of drug-likeness (QED) is 0.549. The van der Waals surface area contributed by atoms with Crippen molar-refractivity contribution in [2.45, 2.75) is 45.1 Å². The van der Waals surface area contributed by atoms with Gasteiger partial charge in [-0.15, -0.1) is 0 Å². The average molecular weight is 413 g/mol. The minimum Gasteiger partial charge on any atom is -0.462 e. The van der Waals surface area contributed by atoms with Crippen molar-refractivity contribution in [3.05, 3.63) is 42.2 Å². The number of fused-ring (bicyclic) bond motifs is 2. The molecule has 2 saturated heterocycles. The summed E-state index contributed by atoms with van der Waals surface area (Å²) in [5, 5.41) is 0. The van der Waals surface area contributed by atoms with Crippen LogP contribution < -0.4 is 4.90 Å². The highest BCUT2D eigenvalue weighted by atomic mass is 19.1. The lowest BCUT2D eigenvalue weighted by atomic mass is 9.55. The van der Waals surface area contributed by atoms with Gasteiger partial charge in [0, 0.05) is 44.3 Å². The lowest BCUT2D eigenvalue weighted by Gasteiger charge is -2.50.